The molecule has 1 saturated heterocycles. The van der Waals surface area contributed by atoms with E-state index in [1.165, 1.54) is 0 Å². The summed E-state index contributed by atoms with van der Waals surface area (Å²) in [5.41, 5.74) is 2.41. The van der Waals surface area contributed by atoms with Crippen molar-refractivity contribution in [1.82, 2.24) is 24.6 Å². The Balaban J connectivity index is 1.64. The first-order valence-corrected chi connectivity index (χ1v) is 12.4. The SMILES string of the molecule is CCCc1nn(C)c2c(=O)[nH]c(-c3cc(C(=O)CN4CC[N+]([O-])(CCO)CC4)ccc3OCC)nc12. The maximum absolute atomic E-state index is 13.2. The third-order valence-corrected chi connectivity index (χ3v) is 6.63. The van der Waals surface area contributed by atoms with Gasteiger partial charge in [0.05, 0.1) is 44.1 Å². The van der Waals surface area contributed by atoms with Gasteiger partial charge < -0.3 is 24.7 Å². The fourth-order valence-corrected chi connectivity index (χ4v) is 4.68. The minimum absolute atomic E-state index is 0.0937. The van der Waals surface area contributed by atoms with Gasteiger partial charge in [-0.15, -0.1) is 0 Å². The van der Waals surface area contributed by atoms with E-state index in [1.807, 2.05) is 18.7 Å². The second-order valence-corrected chi connectivity index (χ2v) is 9.23. The van der Waals surface area contributed by atoms with Crippen LogP contribution in [0.3, 0.4) is 0 Å². The fraction of sp³-hybridized carbons (Fsp3) is 0.520. The molecule has 0 spiro atoms. The Hall–Kier alpha value is -3.12. The normalized spacial score (nSPS) is 15.9. The van der Waals surface area contributed by atoms with E-state index < -0.39 is 4.65 Å². The number of piperazine rings is 1. The molecule has 2 N–H and O–H groups in total. The molecule has 11 nitrogen and oxygen atoms in total. The number of Topliss-reactive ketones (excluding diaryl/α,β-unsaturated/α-hetero) is 1. The van der Waals surface area contributed by atoms with Crippen molar-refractivity contribution in [2.45, 2.75) is 26.7 Å². The lowest BCUT2D eigenvalue weighted by atomic mass is 10.0. The van der Waals surface area contributed by atoms with E-state index in [9.17, 15) is 14.8 Å². The maximum Gasteiger partial charge on any atom is 0.277 e. The topological polar surface area (TPSA) is 136 Å². The first-order chi connectivity index (χ1) is 17.3. The molecule has 0 aliphatic carbocycles. The van der Waals surface area contributed by atoms with Gasteiger partial charge in [0.1, 0.15) is 23.6 Å². The van der Waals surface area contributed by atoms with Crippen LogP contribution in [0.1, 0.15) is 36.3 Å². The second kappa shape index (κ2) is 10.9. The molecule has 194 valence electrons. The van der Waals surface area contributed by atoms with E-state index in [4.69, 9.17) is 14.8 Å². The summed E-state index contributed by atoms with van der Waals surface area (Å²) in [6.45, 7) is 6.21. The predicted octanol–water partition coefficient (Wildman–Crippen LogP) is 1.48. The highest BCUT2D eigenvalue weighted by molar-refractivity contribution is 5.99. The van der Waals surface area contributed by atoms with Crippen LogP contribution in [0.5, 0.6) is 5.75 Å². The van der Waals surface area contributed by atoms with E-state index in [2.05, 4.69) is 10.1 Å². The van der Waals surface area contributed by atoms with Crippen LogP contribution in [-0.4, -0.2) is 92.7 Å². The van der Waals surface area contributed by atoms with Gasteiger partial charge in [0.25, 0.3) is 5.56 Å². The van der Waals surface area contributed by atoms with E-state index in [0.29, 0.717) is 72.9 Å². The summed E-state index contributed by atoms with van der Waals surface area (Å²) in [7, 11) is 1.73. The molecule has 0 unspecified atom stereocenters. The number of aromatic nitrogens is 4. The van der Waals surface area contributed by atoms with Crippen LogP contribution in [0.25, 0.3) is 22.4 Å². The van der Waals surface area contributed by atoms with Gasteiger partial charge in [0.15, 0.2) is 11.3 Å². The largest absolute Gasteiger partial charge is 0.633 e. The number of hydroxylamine groups is 3. The molecule has 4 rings (SSSR count). The van der Waals surface area contributed by atoms with Crippen molar-refractivity contribution in [2.75, 3.05) is 52.5 Å². The Morgan fingerprint density at radius 2 is 2.03 bits per heavy atom. The molecular weight excluding hydrogens is 464 g/mol. The number of ketones is 1. The summed E-state index contributed by atoms with van der Waals surface area (Å²) in [4.78, 5) is 35.7. The number of nitrogens with one attached hydrogen (secondary N) is 1. The van der Waals surface area contributed by atoms with Crippen LogP contribution < -0.4 is 10.3 Å². The number of hydrogen-bond acceptors (Lipinski definition) is 8. The summed E-state index contributed by atoms with van der Waals surface area (Å²) >= 11 is 0. The van der Waals surface area contributed by atoms with Gasteiger partial charge in [0, 0.05) is 25.7 Å². The minimum Gasteiger partial charge on any atom is -0.633 e. The van der Waals surface area contributed by atoms with Crippen molar-refractivity contribution < 1.29 is 19.3 Å². The van der Waals surface area contributed by atoms with Crippen LogP contribution in [0.2, 0.25) is 0 Å². The van der Waals surface area contributed by atoms with Gasteiger partial charge in [-0.05, 0) is 31.5 Å². The number of H-pyrrole nitrogens is 1. The molecule has 3 aromatic rings. The first kappa shape index (κ1) is 26.0. The Morgan fingerprint density at radius 3 is 2.69 bits per heavy atom. The summed E-state index contributed by atoms with van der Waals surface area (Å²) in [6, 6.07) is 5.14. The van der Waals surface area contributed by atoms with Gasteiger partial charge >= 0.3 is 0 Å². The Morgan fingerprint density at radius 1 is 1.28 bits per heavy atom. The van der Waals surface area contributed by atoms with Gasteiger partial charge in [-0.25, -0.2) is 4.98 Å². The lowest BCUT2D eigenvalue weighted by Crippen LogP contribution is -2.57. The molecule has 2 aromatic heterocycles. The molecule has 0 bridgehead atoms. The number of rotatable bonds is 10. The van der Waals surface area contributed by atoms with E-state index in [0.717, 1.165) is 12.1 Å². The van der Waals surface area contributed by atoms with Crippen LogP contribution in [0.4, 0.5) is 0 Å². The smallest absolute Gasteiger partial charge is 0.277 e. The number of carbonyl (C=O) groups is 1. The zero-order valence-electron chi connectivity index (χ0n) is 21.1. The molecule has 1 aliphatic rings. The van der Waals surface area contributed by atoms with Gasteiger partial charge in [-0.3, -0.25) is 19.2 Å². The molecule has 36 heavy (non-hydrogen) atoms. The fourth-order valence-electron chi connectivity index (χ4n) is 4.68. The number of ether oxygens (including phenoxy) is 1. The van der Waals surface area contributed by atoms with Crippen LogP contribution >= 0.6 is 0 Å². The number of aliphatic hydroxyl groups is 1. The Kier molecular flexibility index (Phi) is 7.84. The monoisotopic (exact) mass is 498 g/mol. The molecule has 0 amide bonds. The van der Waals surface area contributed by atoms with Crippen molar-refractivity contribution in [3.05, 3.63) is 45.0 Å². The molecule has 0 saturated carbocycles. The van der Waals surface area contributed by atoms with Crippen molar-refractivity contribution >= 4 is 16.8 Å². The van der Waals surface area contributed by atoms with Crippen LogP contribution in [0.15, 0.2) is 23.0 Å². The van der Waals surface area contributed by atoms with Crippen LogP contribution in [0, 0.1) is 5.21 Å². The van der Waals surface area contributed by atoms with E-state index in [1.54, 1.807) is 29.9 Å². The number of quaternary nitrogens is 1. The number of carbonyl (C=O) groups excluding carboxylic acids is 1. The van der Waals surface area contributed by atoms with Crippen molar-refractivity contribution in [3.8, 4) is 17.1 Å². The van der Waals surface area contributed by atoms with Crippen LogP contribution in [-0.2, 0) is 13.5 Å². The van der Waals surface area contributed by atoms with Crippen molar-refractivity contribution in [1.29, 1.82) is 0 Å². The summed E-state index contributed by atoms with van der Waals surface area (Å²) in [5, 5.41) is 26.1. The van der Waals surface area contributed by atoms with E-state index >= 15 is 0 Å². The number of hydrogen-bond donors (Lipinski definition) is 2. The van der Waals surface area contributed by atoms with E-state index in [-0.39, 0.29) is 31.0 Å². The highest BCUT2D eigenvalue weighted by Gasteiger charge is 2.27. The first-order valence-electron chi connectivity index (χ1n) is 12.4. The highest BCUT2D eigenvalue weighted by atomic mass is 16.5. The standard InChI is InChI=1S/C25H34N6O5/c1-4-6-19-22-23(29(3)28-19)25(34)27-24(26-22)18-15-17(7-8-21(18)36-5-2)20(33)16-30-9-11-31(35,12-10-30)13-14-32/h7-8,15,32H,4-6,9-14,16H2,1-3H3,(H,26,27,34). The summed E-state index contributed by atoms with van der Waals surface area (Å²) in [6.07, 6.45) is 1.56. The van der Waals surface area contributed by atoms with Crippen molar-refractivity contribution in [3.63, 3.8) is 0 Å². The molecular formula is C25H34N6O5. The number of nitrogens with zero attached hydrogens (tertiary/aromatic N) is 5. The lowest BCUT2D eigenvalue weighted by Gasteiger charge is -2.47. The molecule has 1 aliphatic heterocycles. The molecule has 3 heterocycles. The number of aromatic amines is 1. The maximum atomic E-state index is 13.2. The molecule has 11 heteroatoms. The minimum atomic E-state index is -0.426. The second-order valence-electron chi connectivity index (χ2n) is 9.23. The number of aryl methyl sites for hydroxylation is 2. The number of aliphatic hydroxyl groups excluding tert-OH is 1. The Bertz CT molecular complexity index is 1290. The zero-order chi connectivity index (χ0) is 25.9. The quantitative estimate of drug-likeness (QED) is 0.244. The summed E-state index contributed by atoms with van der Waals surface area (Å²) in [5.74, 6) is 0.753. The average Bonchev–Trinajstić information content (AvgIpc) is 3.17. The molecule has 1 aromatic carbocycles. The third-order valence-electron chi connectivity index (χ3n) is 6.63. The average molecular weight is 499 g/mol. The molecule has 0 radical (unpaired) electrons. The van der Waals surface area contributed by atoms with Gasteiger partial charge in [0.2, 0.25) is 0 Å². The predicted molar refractivity (Wildman–Crippen MR) is 136 cm³/mol. The number of benzene rings is 1. The van der Waals surface area contributed by atoms with Crippen molar-refractivity contribution in [2.24, 2.45) is 7.05 Å². The Labute approximate surface area is 209 Å². The third kappa shape index (κ3) is 5.34. The van der Waals surface area contributed by atoms with Gasteiger partial charge in [-0.1, -0.05) is 13.3 Å². The number of fused-ring (bicyclic) bond motifs is 1. The molecule has 1 fully saturated rings. The zero-order valence-corrected chi connectivity index (χ0v) is 21.1. The van der Waals surface area contributed by atoms with Gasteiger partial charge in [-0.2, -0.15) is 5.10 Å². The highest BCUT2D eigenvalue weighted by Crippen LogP contribution is 2.30. The summed E-state index contributed by atoms with van der Waals surface area (Å²) < 4.78 is 6.92. The lowest BCUT2D eigenvalue weighted by molar-refractivity contribution is -0.885. The molecule has 0 atom stereocenters.